The zero-order valence-electron chi connectivity index (χ0n) is 20.5. The minimum atomic E-state index is -0.0367. The predicted octanol–water partition coefficient (Wildman–Crippen LogP) is 6.95. The molecule has 5 nitrogen and oxygen atoms in total. The summed E-state index contributed by atoms with van der Waals surface area (Å²) in [6.07, 6.45) is 0.768. The predicted molar refractivity (Wildman–Crippen MR) is 154 cm³/mol. The van der Waals surface area contributed by atoms with Gasteiger partial charge in [0.25, 0.3) is 5.56 Å². The molecular formula is C33H22N4O. The lowest BCUT2D eigenvalue weighted by molar-refractivity contribution is 0.709. The van der Waals surface area contributed by atoms with Crippen molar-refractivity contribution in [1.29, 1.82) is 0 Å². The Balaban J connectivity index is 1.37. The highest BCUT2D eigenvalue weighted by atomic mass is 16.1. The molecule has 0 unspecified atom stereocenters. The zero-order chi connectivity index (χ0) is 25.2. The van der Waals surface area contributed by atoms with E-state index in [4.69, 9.17) is 10.1 Å². The molecule has 5 heteroatoms. The second-order valence-electron chi connectivity index (χ2n) is 9.81. The zero-order valence-corrected chi connectivity index (χ0v) is 20.5. The SMILES string of the molecule is O=c1c2ccc(C3=NN(c4ccccc4)[C@H](c4ccccc4)C3)c3cccc(c32)c2nc3ccccc3n12. The Bertz CT molecular complexity index is 2080. The van der Waals surface area contributed by atoms with E-state index in [0.717, 1.165) is 50.6 Å². The first kappa shape index (κ1) is 21.1. The third-order valence-electron chi connectivity index (χ3n) is 7.70. The van der Waals surface area contributed by atoms with E-state index in [-0.39, 0.29) is 11.6 Å². The van der Waals surface area contributed by atoms with Crippen molar-refractivity contribution in [2.45, 2.75) is 12.5 Å². The number of hydrazone groups is 1. The van der Waals surface area contributed by atoms with Gasteiger partial charge in [-0.15, -0.1) is 0 Å². The van der Waals surface area contributed by atoms with Crippen LogP contribution in [0.5, 0.6) is 0 Å². The van der Waals surface area contributed by atoms with Crippen LogP contribution in [0.3, 0.4) is 0 Å². The molecule has 0 saturated carbocycles. The highest BCUT2D eigenvalue weighted by Crippen LogP contribution is 2.39. The van der Waals surface area contributed by atoms with Crippen molar-refractivity contribution < 1.29 is 0 Å². The van der Waals surface area contributed by atoms with E-state index in [1.165, 1.54) is 5.56 Å². The van der Waals surface area contributed by atoms with Crippen LogP contribution in [-0.2, 0) is 0 Å². The van der Waals surface area contributed by atoms with Crippen molar-refractivity contribution in [3.8, 4) is 0 Å². The summed E-state index contributed by atoms with van der Waals surface area (Å²) in [6.45, 7) is 0. The van der Waals surface area contributed by atoms with Crippen LogP contribution >= 0.6 is 0 Å². The van der Waals surface area contributed by atoms with E-state index in [0.29, 0.717) is 11.0 Å². The quantitative estimate of drug-likeness (QED) is 0.269. The smallest absolute Gasteiger partial charge is 0.264 e. The minimum Gasteiger partial charge on any atom is -0.268 e. The fourth-order valence-corrected chi connectivity index (χ4v) is 5.98. The summed E-state index contributed by atoms with van der Waals surface area (Å²) in [5.41, 5.74) is 6.68. The molecular weight excluding hydrogens is 468 g/mol. The van der Waals surface area contributed by atoms with E-state index in [9.17, 15) is 4.79 Å². The van der Waals surface area contributed by atoms with Crippen molar-refractivity contribution in [3.05, 3.63) is 137 Å². The molecule has 0 spiro atoms. The number of para-hydroxylation sites is 3. The Morgan fingerprint density at radius 3 is 2.26 bits per heavy atom. The summed E-state index contributed by atoms with van der Waals surface area (Å²) in [7, 11) is 0. The molecule has 180 valence electrons. The first-order valence-corrected chi connectivity index (χ1v) is 12.8. The van der Waals surface area contributed by atoms with E-state index in [1.807, 2.05) is 54.6 Å². The first-order valence-electron chi connectivity index (χ1n) is 12.8. The number of anilines is 1. The molecule has 0 radical (unpaired) electrons. The summed E-state index contributed by atoms with van der Waals surface area (Å²) >= 11 is 0. The Kier molecular flexibility index (Phi) is 4.43. The Hall–Kier alpha value is -5.03. The molecule has 0 bridgehead atoms. The van der Waals surface area contributed by atoms with Crippen LogP contribution in [0.4, 0.5) is 5.69 Å². The largest absolute Gasteiger partial charge is 0.268 e. The van der Waals surface area contributed by atoms with Gasteiger partial charge in [0.2, 0.25) is 0 Å². The van der Waals surface area contributed by atoms with Crippen molar-refractivity contribution in [1.82, 2.24) is 9.38 Å². The maximum absolute atomic E-state index is 13.8. The van der Waals surface area contributed by atoms with Crippen LogP contribution in [0, 0.1) is 0 Å². The standard InChI is InChI=1S/C33H22N4O/c38-33-26-19-18-23(24-14-9-15-25(31(24)26)32-34-27-16-7-8-17-29(27)36(32)33)28-20-30(21-10-3-1-4-11-21)37(35-28)22-12-5-2-6-13-22/h1-19,30H,20H2/t30-/m0/s1. The van der Waals surface area contributed by atoms with Gasteiger partial charge in [-0.3, -0.25) is 14.2 Å². The van der Waals surface area contributed by atoms with Gasteiger partial charge in [0.1, 0.15) is 5.65 Å². The number of nitrogens with zero attached hydrogens (tertiary/aromatic N) is 4. The molecule has 2 aromatic heterocycles. The maximum atomic E-state index is 13.8. The fourth-order valence-electron chi connectivity index (χ4n) is 5.98. The average Bonchev–Trinajstić information content (AvgIpc) is 3.59. The van der Waals surface area contributed by atoms with Crippen LogP contribution in [0.2, 0.25) is 0 Å². The van der Waals surface area contributed by atoms with Gasteiger partial charge >= 0.3 is 0 Å². The molecule has 0 aliphatic carbocycles. The van der Waals surface area contributed by atoms with Gasteiger partial charge in [0.05, 0.1) is 28.5 Å². The summed E-state index contributed by atoms with van der Waals surface area (Å²) in [5, 5.41) is 11.0. The van der Waals surface area contributed by atoms with Gasteiger partial charge in [-0.05, 0) is 41.3 Å². The summed E-state index contributed by atoms with van der Waals surface area (Å²) in [4.78, 5) is 18.6. The molecule has 1 aliphatic rings. The first-order chi connectivity index (χ1) is 18.8. The normalized spacial score (nSPS) is 15.7. The maximum Gasteiger partial charge on any atom is 0.264 e. The molecule has 1 aliphatic heterocycles. The van der Waals surface area contributed by atoms with Crippen LogP contribution in [0.25, 0.3) is 38.2 Å². The molecule has 8 rings (SSSR count). The lowest BCUT2D eigenvalue weighted by Crippen LogP contribution is -2.18. The van der Waals surface area contributed by atoms with Gasteiger partial charge in [0.15, 0.2) is 0 Å². The third-order valence-corrected chi connectivity index (χ3v) is 7.70. The molecule has 5 aromatic carbocycles. The van der Waals surface area contributed by atoms with E-state index >= 15 is 0 Å². The molecule has 0 fully saturated rings. The van der Waals surface area contributed by atoms with Crippen molar-refractivity contribution >= 4 is 49.6 Å². The third kappa shape index (κ3) is 2.96. The number of hydrogen-bond donors (Lipinski definition) is 0. The number of imidazole rings is 1. The summed E-state index contributed by atoms with van der Waals surface area (Å²) in [6, 6.07) is 39.0. The second kappa shape index (κ2) is 7.98. The highest BCUT2D eigenvalue weighted by molar-refractivity contribution is 6.22. The van der Waals surface area contributed by atoms with E-state index < -0.39 is 0 Å². The number of pyridine rings is 1. The summed E-state index contributed by atoms with van der Waals surface area (Å²) < 4.78 is 1.75. The summed E-state index contributed by atoms with van der Waals surface area (Å²) in [5.74, 6) is 0. The van der Waals surface area contributed by atoms with Crippen molar-refractivity contribution in [2.24, 2.45) is 5.10 Å². The number of benzene rings is 5. The Labute approximate surface area is 218 Å². The monoisotopic (exact) mass is 490 g/mol. The van der Waals surface area contributed by atoms with Crippen LogP contribution < -0.4 is 10.6 Å². The minimum absolute atomic E-state index is 0.0367. The molecule has 0 N–H and O–H groups in total. The van der Waals surface area contributed by atoms with E-state index in [1.54, 1.807) is 4.40 Å². The lowest BCUT2D eigenvalue weighted by atomic mass is 9.92. The van der Waals surface area contributed by atoms with Gasteiger partial charge in [-0.25, -0.2) is 4.98 Å². The van der Waals surface area contributed by atoms with Gasteiger partial charge < -0.3 is 0 Å². The number of hydrogen-bond acceptors (Lipinski definition) is 4. The molecule has 1 atom stereocenters. The van der Waals surface area contributed by atoms with Crippen molar-refractivity contribution in [3.63, 3.8) is 0 Å². The van der Waals surface area contributed by atoms with Crippen LogP contribution in [-0.4, -0.2) is 15.1 Å². The Morgan fingerprint density at radius 2 is 1.42 bits per heavy atom. The highest BCUT2D eigenvalue weighted by Gasteiger charge is 2.31. The molecule has 0 amide bonds. The van der Waals surface area contributed by atoms with Crippen LogP contribution in [0.1, 0.15) is 23.6 Å². The van der Waals surface area contributed by atoms with Gasteiger partial charge in [-0.2, -0.15) is 5.10 Å². The molecule has 7 aromatic rings. The van der Waals surface area contributed by atoms with Gasteiger partial charge in [0, 0.05) is 28.1 Å². The van der Waals surface area contributed by atoms with Crippen molar-refractivity contribution in [2.75, 3.05) is 5.01 Å². The van der Waals surface area contributed by atoms with Gasteiger partial charge in [-0.1, -0.05) is 84.9 Å². The molecule has 3 heterocycles. The fraction of sp³-hybridized carbons (Fsp3) is 0.0606. The number of rotatable bonds is 3. The molecule has 38 heavy (non-hydrogen) atoms. The van der Waals surface area contributed by atoms with E-state index in [2.05, 4.69) is 65.7 Å². The molecule has 0 saturated heterocycles. The topological polar surface area (TPSA) is 50.0 Å². The Morgan fingerprint density at radius 1 is 0.684 bits per heavy atom. The van der Waals surface area contributed by atoms with Crippen LogP contribution in [0.15, 0.2) is 125 Å². The second-order valence-corrected chi connectivity index (χ2v) is 9.81. The number of fused-ring (bicyclic) bond motifs is 4. The average molecular weight is 491 g/mol. The number of aromatic nitrogens is 2. The lowest BCUT2D eigenvalue weighted by Gasteiger charge is -2.23.